The van der Waals surface area contributed by atoms with Gasteiger partial charge in [-0.25, -0.2) is 0 Å². The van der Waals surface area contributed by atoms with Crippen LogP contribution in [0.5, 0.6) is 0 Å². The Labute approximate surface area is 160 Å². The van der Waals surface area contributed by atoms with E-state index >= 15 is 0 Å². The lowest BCUT2D eigenvalue weighted by atomic mass is 9.95. The number of benzene rings is 2. The molecule has 0 heterocycles. The highest BCUT2D eigenvalue weighted by Crippen LogP contribution is 2.19. The number of amides is 2. The van der Waals surface area contributed by atoms with Gasteiger partial charge in [0.2, 0.25) is 5.91 Å². The predicted octanol–water partition coefficient (Wildman–Crippen LogP) is 3.70. The van der Waals surface area contributed by atoms with Crippen molar-refractivity contribution in [3.63, 3.8) is 0 Å². The summed E-state index contributed by atoms with van der Waals surface area (Å²) in [6.45, 7) is 1.99. The summed E-state index contributed by atoms with van der Waals surface area (Å²) in [5.74, 6) is -0.339. The van der Waals surface area contributed by atoms with Crippen molar-refractivity contribution < 1.29 is 9.59 Å². The first-order chi connectivity index (χ1) is 13.0. The second-order valence-electron chi connectivity index (χ2n) is 7.26. The van der Waals surface area contributed by atoms with Gasteiger partial charge in [-0.3, -0.25) is 9.59 Å². The molecule has 1 aliphatic rings. The Morgan fingerprint density at radius 1 is 0.963 bits per heavy atom. The fourth-order valence-electron chi connectivity index (χ4n) is 3.37. The van der Waals surface area contributed by atoms with Crippen LogP contribution in [0.15, 0.2) is 48.5 Å². The van der Waals surface area contributed by atoms with Gasteiger partial charge in [-0.1, -0.05) is 49.1 Å². The number of nitrogens with one attached hydrogen (secondary N) is 2. The first-order valence-electron chi connectivity index (χ1n) is 9.57. The van der Waals surface area contributed by atoms with E-state index in [-0.39, 0.29) is 17.9 Å². The van der Waals surface area contributed by atoms with Crippen LogP contribution in [0.3, 0.4) is 0 Å². The van der Waals surface area contributed by atoms with Crippen molar-refractivity contribution >= 4 is 17.5 Å². The average molecular weight is 365 g/mol. The number of anilines is 1. The molecule has 27 heavy (non-hydrogen) atoms. The van der Waals surface area contributed by atoms with Crippen LogP contribution >= 0.6 is 0 Å². The largest absolute Gasteiger partial charge is 0.349 e. The lowest BCUT2D eigenvalue weighted by Gasteiger charge is -2.22. The van der Waals surface area contributed by atoms with E-state index in [0.29, 0.717) is 11.3 Å². The maximum atomic E-state index is 12.4. The van der Waals surface area contributed by atoms with E-state index in [1.165, 1.54) is 19.3 Å². The standard InChI is InChI=1S/C22H27N3O2/c1-15-7-9-16(10-8-15)20(23)22(27)25-19-13-11-17(12-14-19)21(26)24-18-5-3-2-4-6-18/h7-14,18,20H,2-6,23H2,1H3,(H,24,26)(H,25,27). The molecule has 0 radical (unpaired) electrons. The van der Waals surface area contributed by atoms with Gasteiger partial charge < -0.3 is 16.4 Å². The zero-order valence-corrected chi connectivity index (χ0v) is 15.7. The molecule has 142 valence electrons. The van der Waals surface area contributed by atoms with Crippen LogP contribution in [-0.4, -0.2) is 17.9 Å². The molecular weight excluding hydrogens is 338 g/mol. The third-order valence-corrected chi connectivity index (χ3v) is 5.07. The molecule has 2 aromatic rings. The fraction of sp³-hybridized carbons (Fsp3) is 0.364. The molecule has 4 N–H and O–H groups in total. The van der Waals surface area contributed by atoms with Crippen LogP contribution < -0.4 is 16.4 Å². The number of hydrogen-bond donors (Lipinski definition) is 3. The van der Waals surface area contributed by atoms with E-state index in [1.54, 1.807) is 24.3 Å². The predicted molar refractivity (Wildman–Crippen MR) is 108 cm³/mol. The van der Waals surface area contributed by atoms with E-state index in [4.69, 9.17) is 5.73 Å². The number of carbonyl (C=O) groups is 2. The minimum atomic E-state index is -0.736. The molecule has 5 nitrogen and oxygen atoms in total. The summed E-state index contributed by atoms with van der Waals surface area (Å²) in [5.41, 5.74) is 9.15. The second kappa shape index (κ2) is 8.82. The molecule has 3 rings (SSSR count). The number of rotatable bonds is 5. The van der Waals surface area contributed by atoms with Gasteiger partial charge in [0.25, 0.3) is 5.91 Å². The Kier molecular flexibility index (Phi) is 6.24. The molecule has 0 bridgehead atoms. The molecule has 0 spiro atoms. The molecule has 1 atom stereocenters. The van der Waals surface area contributed by atoms with E-state index in [1.807, 2.05) is 31.2 Å². The van der Waals surface area contributed by atoms with Crippen LogP contribution in [0.4, 0.5) is 5.69 Å². The molecule has 0 aromatic heterocycles. The van der Waals surface area contributed by atoms with Crippen LogP contribution in [0.25, 0.3) is 0 Å². The Bertz CT molecular complexity index is 778. The van der Waals surface area contributed by atoms with Gasteiger partial charge in [0.15, 0.2) is 0 Å². The quantitative estimate of drug-likeness (QED) is 0.755. The van der Waals surface area contributed by atoms with E-state index in [2.05, 4.69) is 10.6 Å². The van der Waals surface area contributed by atoms with Gasteiger partial charge in [-0.15, -0.1) is 0 Å². The van der Waals surface area contributed by atoms with Gasteiger partial charge in [0.05, 0.1) is 0 Å². The maximum absolute atomic E-state index is 12.4. The van der Waals surface area contributed by atoms with Crippen LogP contribution in [0, 0.1) is 6.92 Å². The summed E-state index contributed by atoms with van der Waals surface area (Å²) in [4.78, 5) is 24.7. The van der Waals surface area contributed by atoms with Gasteiger partial charge in [0.1, 0.15) is 6.04 Å². The summed E-state index contributed by atoms with van der Waals surface area (Å²) in [7, 11) is 0. The first kappa shape index (κ1) is 19.1. The molecule has 2 aromatic carbocycles. The van der Waals surface area contributed by atoms with Crippen molar-refractivity contribution in [3.8, 4) is 0 Å². The first-order valence-corrected chi connectivity index (χ1v) is 9.57. The molecule has 1 unspecified atom stereocenters. The highest BCUT2D eigenvalue weighted by Gasteiger charge is 2.18. The maximum Gasteiger partial charge on any atom is 0.251 e. The zero-order chi connectivity index (χ0) is 19.2. The summed E-state index contributed by atoms with van der Waals surface area (Å²) in [6.07, 6.45) is 5.72. The highest BCUT2D eigenvalue weighted by molar-refractivity contribution is 5.97. The van der Waals surface area contributed by atoms with Crippen LogP contribution in [-0.2, 0) is 4.79 Å². The number of aryl methyl sites for hydroxylation is 1. The molecule has 1 aliphatic carbocycles. The lowest BCUT2D eigenvalue weighted by Crippen LogP contribution is -2.36. The summed E-state index contributed by atoms with van der Waals surface area (Å²) < 4.78 is 0. The Morgan fingerprint density at radius 3 is 2.22 bits per heavy atom. The zero-order valence-electron chi connectivity index (χ0n) is 15.7. The summed E-state index contributed by atoms with van der Waals surface area (Å²) >= 11 is 0. The van der Waals surface area contributed by atoms with Gasteiger partial charge >= 0.3 is 0 Å². The minimum absolute atomic E-state index is 0.0591. The van der Waals surface area contributed by atoms with Crippen molar-refractivity contribution in [2.24, 2.45) is 5.73 Å². The van der Waals surface area contributed by atoms with E-state index in [0.717, 1.165) is 24.0 Å². The van der Waals surface area contributed by atoms with Crippen LogP contribution in [0.1, 0.15) is 59.6 Å². The Balaban J connectivity index is 1.57. The van der Waals surface area contributed by atoms with Gasteiger partial charge in [-0.05, 0) is 49.6 Å². The number of carbonyl (C=O) groups excluding carboxylic acids is 2. The molecular formula is C22H27N3O2. The molecule has 0 aliphatic heterocycles. The molecule has 1 saturated carbocycles. The molecule has 2 amide bonds. The Morgan fingerprint density at radius 2 is 1.59 bits per heavy atom. The molecule has 0 saturated heterocycles. The van der Waals surface area contributed by atoms with Crippen molar-refractivity contribution in [2.75, 3.05) is 5.32 Å². The van der Waals surface area contributed by atoms with Gasteiger partial charge in [0, 0.05) is 17.3 Å². The van der Waals surface area contributed by atoms with Crippen LogP contribution in [0.2, 0.25) is 0 Å². The molecule has 5 heteroatoms. The third kappa shape index (κ3) is 5.17. The highest BCUT2D eigenvalue weighted by atomic mass is 16.2. The summed E-state index contributed by atoms with van der Waals surface area (Å²) in [6, 6.07) is 14.0. The van der Waals surface area contributed by atoms with Crippen molar-refractivity contribution in [1.82, 2.24) is 5.32 Å². The van der Waals surface area contributed by atoms with Crippen molar-refractivity contribution in [2.45, 2.75) is 51.1 Å². The smallest absolute Gasteiger partial charge is 0.251 e. The minimum Gasteiger partial charge on any atom is -0.349 e. The monoisotopic (exact) mass is 365 g/mol. The topological polar surface area (TPSA) is 84.2 Å². The summed E-state index contributed by atoms with van der Waals surface area (Å²) in [5, 5.41) is 5.90. The van der Waals surface area contributed by atoms with Crippen molar-refractivity contribution in [1.29, 1.82) is 0 Å². The second-order valence-corrected chi connectivity index (χ2v) is 7.26. The van der Waals surface area contributed by atoms with E-state index in [9.17, 15) is 9.59 Å². The fourth-order valence-corrected chi connectivity index (χ4v) is 3.37. The van der Waals surface area contributed by atoms with Crippen molar-refractivity contribution in [3.05, 3.63) is 65.2 Å². The SMILES string of the molecule is Cc1ccc(C(N)C(=O)Nc2ccc(C(=O)NC3CCCCC3)cc2)cc1. The molecule has 1 fully saturated rings. The lowest BCUT2D eigenvalue weighted by molar-refractivity contribution is -0.117. The Hall–Kier alpha value is -2.66. The number of hydrogen-bond acceptors (Lipinski definition) is 3. The third-order valence-electron chi connectivity index (χ3n) is 5.07. The normalized spacial score (nSPS) is 15.8. The average Bonchev–Trinajstić information content (AvgIpc) is 2.69. The van der Waals surface area contributed by atoms with E-state index < -0.39 is 6.04 Å². The van der Waals surface area contributed by atoms with Gasteiger partial charge in [-0.2, -0.15) is 0 Å². The number of nitrogens with two attached hydrogens (primary N) is 1.